The SMILES string of the molecule is Cc1ncc(S(=O)(=O)Nc2ccc(C)c(C#CCO)c2)[nH]1. The van der Waals surface area contributed by atoms with Gasteiger partial charge in [0.2, 0.25) is 0 Å². The van der Waals surface area contributed by atoms with Crippen molar-refractivity contribution in [1.82, 2.24) is 9.97 Å². The molecule has 21 heavy (non-hydrogen) atoms. The highest BCUT2D eigenvalue weighted by atomic mass is 32.2. The molecule has 110 valence electrons. The van der Waals surface area contributed by atoms with Crippen LogP contribution in [0.2, 0.25) is 0 Å². The van der Waals surface area contributed by atoms with Crippen molar-refractivity contribution in [3.05, 3.63) is 41.3 Å². The first-order valence-corrected chi connectivity index (χ1v) is 7.65. The Morgan fingerprint density at radius 1 is 1.38 bits per heavy atom. The van der Waals surface area contributed by atoms with Crippen LogP contribution in [0.3, 0.4) is 0 Å². The van der Waals surface area contributed by atoms with E-state index in [1.54, 1.807) is 25.1 Å². The predicted octanol–water partition coefficient (Wildman–Crippen LogP) is 1.17. The second-order valence-electron chi connectivity index (χ2n) is 4.43. The first-order valence-electron chi connectivity index (χ1n) is 6.17. The zero-order valence-corrected chi connectivity index (χ0v) is 12.5. The molecule has 7 heteroatoms. The number of aliphatic hydroxyl groups is 1. The number of hydrogen-bond acceptors (Lipinski definition) is 4. The number of benzene rings is 1. The average molecular weight is 305 g/mol. The number of H-pyrrole nitrogens is 1. The van der Waals surface area contributed by atoms with Crippen LogP contribution in [0.4, 0.5) is 5.69 Å². The Labute approximate surface area is 123 Å². The fourth-order valence-corrected chi connectivity index (χ4v) is 2.72. The van der Waals surface area contributed by atoms with Gasteiger partial charge in [-0.25, -0.2) is 4.98 Å². The maximum Gasteiger partial charge on any atom is 0.278 e. The van der Waals surface area contributed by atoms with Crippen LogP contribution in [0.5, 0.6) is 0 Å². The van der Waals surface area contributed by atoms with Crippen molar-refractivity contribution in [1.29, 1.82) is 0 Å². The zero-order valence-electron chi connectivity index (χ0n) is 11.6. The minimum Gasteiger partial charge on any atom is -0.384 e. The van der Waals surface area contributed by atoms with Crippen molar-refractivity contribution < 1.29 is 13.5 Å². The van der Waals surface area contributed by atoms with Crippen molar-refractivity contribution in [2.75, 3.05) is 11.3 Å². The molecule has 0 bridgehead atoms. The van der Waals surface area contributed by atoms with E-state index < -0.39 is 10.0 Å². The first kappa shape index (κ1) is 15.1. The van der Waals surface area contributed by atoms with Crippen LogP contribution in [0.1, 0.15) is 17.0 Å². The van der Waals surface area contributed by atoms with Crippen molar-refractivity contribution in [3.63, 3.8) is 0 Å². The minimum absolute atomic E-state index is 0.00330. The Bertz CT molecular complexity index is 813. The van der Waals surface area contributed by atoms with Crippen LogP contribution in [0, 0.1) is 25.7 Å². The third-order valence-corrected chi connectivity index (χ3v) is 4.05. The fourth-order valence-electron chi connectivity index (χ4n) is 1.70. The zero-order chi connectivity index (χ0) is 15.5. The van der Waals surface area contributed by atoms with Crippen LogP contribution in [0.25, 0.3) is 0 Å². The summed E-state index contributed by atoms with van der Waals surface area (Å²) in [6.45, 7) is 3.29. The van der Waals surface area contributed by atoms with Crippen molar-refractivity contribution in [2.24, 2.45) is 0 Å². The molecule has 0 amide bonds. The Balaban J connectivity index is 2.31. The topological polar surface area (TPSA) is 95.1 Å². The molecule has 1 aromatic carbocycles. The summed E-state index contributed by atoms with van der Waals surface area (Å²) in [5.41, 5.74) is 1.96. The van der Waals surface area contributed by atoms with Gasteiger partial charge < -0.3 is 10.1 Å². The van der Waals surface area contributed by atoms with E-state index in [1.165, 1.54) is 6.20 Å². The molecule has 0 spiro atoms. The van der Waals surface area contributed by atoms with Gasteiger partial charge in [-0.1, -0.05) is 17.9 Å². The summed E-state index contributed by atoms with van der Waals surface area (Å²) in [7, 11) is -3.71. The Morgan fingerprint density at radius 3 is 2.76 bits per heavy atom. The molecule has 2 rings (SSSR count). The van der Waals surface area contributed by atoms with Crippen molar-refractivity contribution in [2.45, 2.75) is 18.9 Å². The van der Waals surface area contributed by atoms with Gasteiger partial charge >= 0.3 is 0 Å². The van der Waals surface area contributed by atoms with Crippen molar-refractivity contribution in [3.8, 4) is 11.8 Å². The number of aromatic amines is 1. The molecule has 2 aromatic rings. The number of aromatic nitrogens is 2. The number of sulfonamides is 1. The van der Waals surface area contributed by atoms with E-state index in [-0.39, 0.29) is 11.6 Å². The number of aliphatic hydroxyl groups excluding tert-OH is 1. The van der Waals surface area contributed by atoms with E-state index >= 15 is 0 Å². The van der Waals surface area contributed by atoms with Crippen molar-refractivity contribution >= 4 is 15.7 Å². The number of anilines is 1. The molecule has 0 aliphatic rings. The highest BCUT2D eigenvalue weighted by molar-refractivity contribution is 7.92. The molecule has 0 aliphatic carbocycles. The van der Waals surface area contributed by atoms with E-state index in [9.17, 15) is 8.42 Å². The summed E-state index contributed by atoms with van der Waals surface area (Å²) in [6.07, 6.45) is 1.26. The molecule has 0 unspecified atom stereocenters. The summed E-state index contributed by atoms with van der Waals surface area (Å²) in [5.74, 6) is 5.84. The number of hydrogen-bond donors (Lipinski definition) is 3. The molecule has 0 fully saturated rings. The Hall–Kier alpha value is -2.30. The molecule has 0 atom stereocenters. The smallest absolute Gasteiger partial charge is 0.278 e. The molecule has 1 aromatic heterocycles. The van der Waals surface area contributed by atoms with Gasteiger partial charge in [0.1, 0.15) is 12.4 Å². The molecule has 0 saturated heterocycles. The van der Waals surface area contributed by atoms with Gasteiger partial charge in [0.15, 0.2) is 5.03 Å². The Kier molecular flexibility index (Phi) is 4.31. The van der Waals surface area contributed by atoms with Gasteiger partial charge in [-0.05, 0) is 31.5 Å². The Morgan fingerprint density at radius 2 is 2.14 bits per heavy atom. The van der Waals surface area contributed by atoms with Gasteiger partial charge in [-0.15, -0.1) is 0 Å². The van der Waals surface area contributed by atoms with Gasteiger partial charge in [0.05, 0.1) is 11.9 Å². The monoisotopic (exact) mass is 305 g/mol. The molecule has 1 heterocycles. The molecular formula is C14H15N3O3S. The quantitative estimate of drug-likeness (QED) is 0.742. The van der Waals surface area contributed by atoms with Gasteiger partial charge in [-0.3, -0.25) is 4.72 Å². The third kappa shape index (κ3) is 3.62. The predicted molar refractivity (Wildman–Crippen MR) is 79.3 cm³/mol. The molecule has 6 nitrogen and oxygen atoms in total. The van der Waals surface area contributed by atoms with Crippen LogP contribution in [0.15, 0.2) is 29.4 Å². The molecule has 0 aliphatic heterocycles. The van der Waals surface area contributed by atoms with E-state index in [0.29, 0.717) is 17.1 Å². The molecular weight excluding hydrogens is 290 g/mol. The number of rotatable bonds is 3. The first-order chi connectivity index (χ1) is 9.92. The van der Waals surface area contributed by atoms with E-state index in [1.807, 2.05) is 6.92 Å². The van der Waals surface area contributed by atoms with Crippen LogP contribution >= 0.6 is 0 Å². The van der Waals surface area contributed by atoms with Gasteiger partial charge in [0.25, 0.3) is 10.0 Å². The summed E-state index contributed by atoms with van der Waals surface area (Å²) in [5, 5.41) is 8.73. The number of imidazole rings is 1. The standard InChI is InChI=1S/C14H15N3O3S/c1-10-5-6-13(8-12(10)4-3-7-18)17-21(19,20)14-9-15-11(2)16-14/h5-6,8-9,17-18H,7H2,1-2H3,(H,15,16). The highest BCUT2D eigenvalue weighted by Gasteiger charge is 2.16. The lowest BCUT2D eigenvalue weighted by atomic mass is 10.1. The van der Waals surface area contributed by atoms with E-state index in [4.69, 9.17) is 5.11 Å². The summed E-state index contributed by atoms with van der Waals surface area (Å²) < 4.78 is 26.8. The summed E-state index contributed by atoms with van der Waals surface area (Å²) >= 11 is 0. The van der Waals surface area contributed by atoms with E-state index in [2.05, 4.69) is 26.5 Å². The molecule has 3 N–H and O–H groups in total. The maximum atomic E-state index is 12.2. The normalized spacial score (nSPS) is 10.8. The minimum atomic E-state index is -3.71. The second-order valence-corrected chi connectivity index (χ2v) is 6.08. The van der Waals surface area contributed by atoms with E-state index in [0.717, 1.165) is 5.56 Å². The lowest BCUT2D eigenvalue weighted by Gasteiger charge is -2.08. The second kappa shape index (κ2) is 5.99. The molecule has 0 radical (unpaired) electrons. The third-order valence-electron chi connectivity index (χ3n) is 2.76. The highest BCUT2D eigenvalue weighted by Crippen LogP contribution is 2.18. The fraction of sp³-hybridized carbons (Fsp3) is 0.214. The van der Waals surface area contributed by atoms with Crippen LogP contribution in [-0.2, 0) is 10.0 Å². The van der Waals surface area contributed by atoms with Crippen LogP contribution < -0.4 is 4.72 Å². The summed E-state index contributed by atoms with van der Waals surface area (Å²) in [6, 6.07) is 5.04. The largest absolute Gasteiger partial charge is 0.384 e. The molecule has 0 saturated carbocycles. The van der Waals surface area contributed by atoms with Crippen LogP contribution in [-0.4, -0.2) is 30.1 Å². The lowest BCUT2D eigenvalue weighted by molar-refractivity contribution is 0.350. The van der Waals surface area contributed by atoms with Gasteiger partial charge in [-0.2, -0.15) is 8.42 Å². The number of nitrogens with zero attached hydrogens (tertiary/aromatic N) is 1. The number of aryl methyl sites for hydroxylation is 2. The lowest BCUT2D eigenvalue weighted by Crippen LogP contribution is -2.13. The average Bonchev–Trinajstić information content (AvgIpc) is 2.86. The number of nitrogens with one attached hydrogen (secondary N) is 2. The summed E-state index contributed by atoms with van der Waals surface area (Å²) in [4.78, 5) is 6.55. The maximum absolute atomic E-state index is 12.2. The van der Waals surface area contributed by atoms with Gasteiger partial charge in [0, 0.05) is 5.56 Å².